The molecule has 0 spiro atoms. The zero-order valence-electron chi connectivity index (χ0n) is 12.9. The molecule has 2 unspecified atom stereocenters. The minimum absolute atomic E-state index is 0.0407. The number of rotatable bonds is 8. The first kappa shape index (κ1) is 16.5. The largest absolute Gasteiger partial charge is 0.489 e. The van der Waals surface area contributed by atoms with Crippen LogP contribution in [-0.2, 0) is 6.61 Å². The monoisotopic (exact) mass is 300 g/mol. The molecule has 2 atom stereocenters. The van der Waals surface area contributed by atoms with Gasteiger partial charge in [0.15, 0.2) is 0 Å². The summed E-state index contributed by atoms with van der Waals surface area (Å²) in [5.74, 6) is 0.791. The number of benzene rings is 2. The SMILES string of the molecule is CNC(CCN)C(O)c1ccc(OCc2ccccc2)cc1. The van der Waals surface area contributed by atoms with Crippen LogP contribution in [0.5, 0.6) is 5.75 Å². The van der Waals surface area contributed by atoms with E-state index in [2.05, 4.69) is 5.32 Å². The fraction of sp³-hybridized carbons (Fsp3) is 0.333. The average Bonchev–Trinajstić information content (AvgIpc) is 2.58. The van der Waals surface area contributed by atoms with Gasteiger partial charge < -0.3 is 20.9 Å². The smallest absolute Gasteiger partial charge is 0.119 e. The Morgan fingerprint density at radius 1 is 1.09 bits per heavy atom. The fourth-order valence-electron chi connectivity index (χ4n) is 2.37. The molecule has 4 N–H and O–H groups in total. The highest BCUT2D eigenvalue weighted by atomic mass is 16.5. The first-order valence-electron chi connectivity index (χ1n) is 7.56. The Hall–Kier alpha value is -1.88. The molecule has 0 saturated heterocycles. The van der Waals surface area contributed by atoms with Gasteiger partial charge >= 0.3 is 0 Å². The molecule has 0 bridgehead atoms. The summed E-state index contributed by atoms with van der Waals surface area (Å²) in [4.78, 5) is 0. The van der Waals surface area contributed by atoms with Crippen molar-refractivity contribution in [2.24, 2.45) is 5.73 Å². The number of hydrogen-bond donors (Lipinski definition) is 3. The molecule has 4 heteroatoms. The van der Waals surface area contributed by atoms with Crippen LogP contribution in [0.4, 0.5) is 0 Å². The molecule has 118 valence electrons. The van der Waals surface area contributed by atoms with E-state index in [1.165, 1.54) is 0 Å². The average molecular weight is 300 g/mol. The third-order valence-electron chi connectivity index (χ3n) is 3.70. The highest BCUT2D eigenvalue weighted by Crippen LogP contribution is 2.22. The summed E-state index contributed by atoms with van der Waals surface area (Å²) in [6, 6.07) is 17.6. The maximum atomic E-state index is 10.4. The molecule has 0 aromatic heterocycles. The van der Waals surface area contributed by atoms with Gasteiger partial charge in [0, 0.05) is 6.04 Å². The van der Waals surface area contributed by atoms with E-state index < -0.39 is 6.10 Å². The lowest BCUT2D eigenvalue weighted by Gasteiger charge is -2.22. The van der Waals surface area contributed by atoms with E-state index >= 15 is 0 Å². The van der Waals surface area contributed by atoms with E-state index in [-0.39, 0.29) is 6.04 Å². The Morgan fingerprint density at radius 2 is 1.77 bits per heavy atom. The van der Waals surface area contributed by atoms with Gasteiger partial charge in [-0.1, -0.05) is 42.5 Å². The molecule has 2 rings (SSSR count). The zero-order chi connectivity index (χ0) is 15.8. The van der Waals surface area contributed by atoms with Gasteiger partial charge in [0.05, 0.1) is 6.10 Å². The minimum Gasteiger partial charge on any atom is -0.489 e. The molecular weight excluding hydrogens is 276 g/mol. The topological polar surface area (TPSA) is 67.5 Å². The van der Waals surface area contributed by atoms with Crippen molar-refractivity contribution < 1.29 is 9.84 Å². The first-order valence-corrected chi connectivity index (χ1v) is 7.56. The van der Waals surface area contributed by atoms with Crippen molar-refractivity contribution in [3.63, 3.8) is 0 Å². The quantitative estimate of drug-likeness (QED) is 0.699. The first-order chi connectivity index (χ1) is 10.7. The number of ether oxygens (including phenoxy) is 1. The van der Waals surface area contributed by atoms with E-state index in [4.69, 9.17) is 10.5 Å². The van der Waals surface area contributed by atoms with Crippen LogP contribution in [0.15, 0.2) is 54.6 Å². The molecule has 0 aliphatic rings. The lowest BCUT2D eigenvalue weighted by Crippen LogP contribution is -2.34. The highest BCUT2D eigenvalue weighted by molar-refractivity contribution is 5.29. The summed E-state index contributed by atoms with van der Waals surface area (Å²) < 4.78 is 5.74. The molecule has 0 aliphatic heterocycles. The zero-order valence-corrected chi connectivity index (χ0v) is 12.9. The van der Waals surface area contributed by atoms with Crippen LogP contribution >= 0.6 is 0 Å². The second kappa shape index (κ2) is 8.54. The van der Waals surface area contributed by atoms with Gasteiger partial charge in [-0.3, -0.25) is 0 Å². The molecular formula is C18H24N2O2. The van der Waals surface area contributed by atoms with E-state index in [9.17, 15) is 5.11 Å². The maximum Gasteiger partial charge on any atom is 0.119 e. The molecule has 0 heterocycles. The number of aliphatic hydroxyl groups is 1. The number of aliphatic hydroxyl groups excluding tert-OH is 1. The molecule has 0 radical (unpaired) electrons. The molecule has 4 nitrogen and oxygen atoms in total. The van der Waals surface area contributed by atoms with E-state index in [1.807, 2.05) is 61.6 Å². The summed E-state index contributed by atoms with van der Waals surface area (Å²) in [7, 11) is 1.83. The summed E-state index contributed by atoms with van der Waals surface area (Å²) in [6.07, 6.45) is 0.154. The van der Waals surface area contributed by atoms with Gasteiger partial charge in [-0.2, -0.15) is 0 Å². The Morgan fingerprint density at radius 3 is 2.36 bits per heavy atom. The molecule has 22 heavy (non-hydrogen) atoms. The van der Waals surface area contributed by atoms with E-state index in [0.29, 0.717) is 13.2 Å². The third kappa shape index (κ3) is 4.56. The van der Waals surface area contributed by atoms with Gasteiger partial charge in [0.2, 0.25) is 0 Å². The lowest BCUT2D eigenvalue weighted by molar-refractivity contribution is 0.129. The molecule has 0 fully saturated rings. The molecule has 2 aromatic carbocycles. The Balaban J connectivity index is 1.95. The van der Waals surface area contributed by atoms with Crippen LogP contribution < -0.4 is 15.8 Å². The molecule has 0 aliphatic carbocycles. The normalized spacial score (nSPS) is 13.6. The van der Waals surface area contributed by atoms with Gasteiger partial charge in [0.1, 0.15) is 12.4 Å². The van der Waals surface area contributed by atoms with E-state index in [1.54, 1.807) is 0 Å². The van der Waals surface area contributed by atoms with Crippen LogP contribution in [0.2, 0.25) is 0 Å². The van der Waals surface area contributed by atoms with Gasteiger partial charge in [-0.15, -0.1) is 0 Å². The highest BCUT2D eigenvalue weighted by Gasteiger charge is 2.18. The van der Waals surface area contributed by atoms with Crippen LogP contribution in [0.25, 0.3) is 0 Å². The number of hydrogen-bond acceptors (Lipinski definition) is 4. The lowest BCUT2D eigenvalue weighted by atomic mass is 10.00. The summed E-state index contributed by atoms with van der Waals surface area (Å²) in [5.41, 5.74) is 7.56. The van der Waals surface area contributed by atoms with Crippen LogP contribution in [-0.4, -0.2) is 24.7 Å². The van der Waals surface area contributed by atoms with Crippen molar-refractivity contribution in [1.29, 1.82) is 0 Å². The van der Waals surface area contributed by atoms with Crippen molar-refractivity contribution in [3.05, 3.63) is 65.7 Å². The Bertz CT molecular complexity index is 543. The minimum atomic E-state index is -0.572. The number of nitrogens with one attached hydrogen (secondary N) is 1. The second-order valence-corrected chi connectivity index (χ2v) is 5.26. The van der Waals surface area contributed by atoms with Gasteiger partial charge in [-0.25, -0.2) is 0 Å². The van der Waals surface area contributed by atoms with Crippen molar-refractivity contribution in [2.45, 2.75) is 25.2 Å². The predicted molar refractivity (Wildman–Crippen MR) is 88.7 cm³/mol. The summed E-state index contributed by atoms with van der Waals surface area (Å²) in [5, 5.41) is 13.5. The van der Waals surface area contributed by atoms with Crippen molar-refractivity contribution >= 4 is 0 Å². The van der Waals surface area contributed by atoms with Gasteiger partial charge in [-0.05, 0) is 43.3 Å². The number of nitrogens with two attached hydrogens (primary N) is 1. The van der Waals surface area contributed by atoms with Gasteiger partial charge in [0.25, 0.3) is 0 Å². The van der Waals surface area contributed by atoms with Crippen molar-refractivity contribution in [3.8, 4) is 5.75 Å². The predicted octanol–water partition coefficient (Wildman–Crippen LogP) is 2.24. The molecule has 0 saturated carbocycles. The maximum absolute atomic E-state index is 10.4. The summed E-state index contributed by atoms with van der Waals surface area (Å²) in [6.45, 7) is 1.08. The number of likely N-dealkylation sites (N-methyl/N-ethyl adjacent to an activating group) is 1. The molecule has 0 amide bonds. The fourth-order valence-corrected chi connectivity index (χ4v) is 2.37. The molecule has 2 aromatic rings. The second-order valence-electron chi connectivity index (χ2n) is 5.26. The standard InChI is InChI=1S/C18H24N2O2/c1-20-17(11-12-19)18(21)15-7-9-16(10-8-15)22-13-14-5-3-2-4-6-14/h2-10,17-18,20-21H,11-13,19H2,1H3. The van der Waals surface area contributed by atoms with E-state index in [0.717, 1.165) is 23.3 Å². The van der Waals surface area contributed by atoms with Crippen LogP contribution in [0.3, 0.4) is 0 Å². The summed E-state index contributed by atoms with van der Waals surface area (Å²) >= 11 is 0. The van der Waals surface area contributed by atoms with Crippen molar-refractivity contribution in [2.75, 3.05) is 13.6 Å². The van der Waals surface area contributed by atoms with Crippen LogP contribution in [0, 0.1) is 0 Å². The van der Waals surface area contributed by atoms with Crippen molar-refractivity contribution in [1.82, 2.24) is 5.32 Å². The Kier molecular flexibility index (Phi) is 6.40. The van der Waals surface area contributed by atoms with Crippen LogP contribution in [0.1, 0.15) is 23.7 Å². The third-order valence-corrected chi connectivity index (χ3v) is 3.70. The Labute approximate surface area is 131 Å².